The van der Waals surface area contributed by atoms with Crippen LogP contribution >= 0.6 is 12.4 Å². The van der Waals surface area contributed by atoms with Crippen LogP contribution in [0.2, 0.25) is 0 Å². The molecule has 110 valence electrons. The Labute approximate surface area is 123 Å². The lowest BCUT2D eigenvalue weighted by molar-refractivity contribution is -0.0395. The Morgan fingerprint density at radius 2 is 1.85 bits per heavy atom. The molecule has 0 radical (unpaired) electrons. The van der Waals surface area contributed by atoms with Crippen molar-refractivity contribution in [3.8, 4) is 11.5 Å². The van der Waals surface area contributed by atoms with E-state index in [1.165, 1.54) is 11.1 Å². The predicted molar refractivity (Wildman–Crippen MR) is 74.4 cm³/mol. The van der Waals surface area contributed by atoms with Crippen LogP contribution in [-0.2, 0) is 6.54 Å². The highest BCUT2D eigenvalue weighted by molar-refractivity contribution is 5.85. The van der Waals surface area contributed by atoms with Gasteiger partial charge in [-0.2, -0.15) is 0 Å². The summed E-state index contributed by atoms with van der Waals surface area (Å²) in [6.45, 7) is 0.970. The van der Waals surface area contributed by atoms with Gasteiger partial charge in [0, 0.05) is 18.5 Å². The van der Waals surface area contributed by atoms with Gasteiger partial charge in [0.15, 0.2) is 11.5 Å². The van der Waals surface area contributed by atoms with Crippen LogP contribution in [0.1, 0.15) is 29.9 Å². The Hall–Kier alpha value is -1.01. The van der Waals surface area contributed by atoms with Crippen molar-refractivity contribution in [3.63, 3.8) is 0 Å². The van der Waals surface area contributed by atoms with Crippen LogP contribution < -0.4 is 14.8 Å². The molecule has 4 rings (SSSR count). The molecule has 6 heteroatoms. The van der Waals surface area contributed by atoms with Gasteiger partial charge in [-0.25, -0.2) is 0 Å². The van der Waals surface area contributed by atoms with Gasteiger partial charge >= 0.3 is 0 Å². The van der Waals surface area contributed by atoms with E-state index in [0.717, 1.165) is 17.9 Å². The Balaban J connectivity index is 0.00000121. The number of halogens is 1. The predicted octanol–water partition coefficient (Wildman–Crippen LogP) is 0.908. The van der Waals surface area contributed by atoms with E-state index in [1.54, 1.807) is 0 Å². The van der Waals surface area contributed by atoms with Crippen molar-refractivity contribution in [1.29, 1.82) is 0 Å². The fourth-order valence-corrected chi connectivity index (χ4v) is 3.52. The van der Waals surface area contributed by atoms with Crippen LogP contribution in [0, 0.1) is 0 Å². The molecule has 5 nitrogen and oxygen atoms in total. The van der Waals surface area contributed by atoms with Crippen molar-refractivity contribution in [2.24, 2.45) is 0 Å². The van der Waals surface area contributed by atoms with Gasteiger partial charge in [0.2, 0.25) is 6.79 Å². The molecule has 1 aromatic carbocycles. The largest absolute Gasteiger partial charge is 0.454 e. The van der Waals surface area contributed by atoms with Crippen LogP contribution in [0.15, 0.2) is 12.1 Å². The summed E-state index contributed by atoms with van der Waals surface area (Å²) in [6.07, 6.45) is 0.196. The van der Waals surface area contributed by atoms with E-state index in [0.29, 0.717) is 13.0 Å². The third-order valence-electron chi connectivity index (χ3n) is 4.53. The molecule has 0 saturated heterocycles. The third-order valence-corrected chi connectivity index (χ3v) is 4.53. The molecule has 0 spiro atoms. The fourth-order valence-electron chi connectivity index (χ4n) is 3.52. The zero-order chi connectivity index (χ0) is 13.0. The van der Waals surface area contributed by atoms with Gasteiger partial charge < -0.3 is 25.0 Å². The lowest BCUT2D eigenvalue weighted by Gasteiger charge is -2.43. The summed E-state index contributed by atoms with van der Waals surface area (Å²) < 4.78 is 10.8. The Morgan fingerprint density at radius 3 is 2.65 bits per heavy atom. The summed E-state index contributed by atoms with van der Waals surface area (Å²) in [7, 11) is 0. The number of ether oxygens (including phenoxy) is 2. The molecule has 0 amide bonds. The number of rotatable bonds is 0. The molecule has 20 heavy (non-hydrogen) atoms. The summed E-state index contributed by atoms with van der Waals surface area (Å²) in [4.78, 5) is 0. The molecule has 0 bridgehead atoms. The molecule has 3 aliphatic rings. The second kappa shape index (κ2) is 5.07. The SMILES string of the molecule is Cl.O[C@H]1[C@@H]2NCc3cc4c(cc3[C@@H]2CC[C@H]1O)OCO4. The number of hydrogen-bond acceptors (Lipinski definition) is 5. The van der Waals surface area contributed by atoms with Crippen LogP contribution in [0.3, 0.4) is 0 Å². The maximum absolute atomic E-state index is 10.1. The van der Waals surface area contributed by atoms with Gasteiger partial charge in [0.25, 0.3) is 0 Å². The number of benzene rings is 1. The molecular weight excluding hydrogens is 282 g/mol. The van der Waals surface area contributed by atoms with Crippen molar-refractivity contribution in [2.75, 3.05) is 6.79 Å². The van der Waals surface area contributed by atoms with Crippen LogP contribution in [-0.4, -0.2) is 35.3 Å². The van der Waals surface area contributed by atoms with Gasteiger partial charge in [-0.1, -0.05) is 0 Å². The number of nitrogens with one attached hydrogen (secondary N) is 1. The topological polar surface area (TPSA) is 71.0 Å². The van der Waals surface area contributed by atoms with Gasteiger partial charge in [0.05, 0.1) is 12.2 Å². The minimum Gasteiger partial charge on any atom is -0.454 e. The molecule has 1 fully saturated rings. The first-order valence-electron chi connectivity index (χ1n) is 6.76. The third kappa shape index (κ3) is 1.97. The summed E-state index contributed by atoms with van der Waals surface area (Å²) in [5, 5.41) is 23.3. The molecule has 1 aliphatic carbocycles. The number of fused-ring (bicyclic) bond motifs is 4. The van der Waals surface area contributed by atoms with Crippen molar-refractivity contribution in [1.82, 2.24) is 5.32 Å². The van der Waals surface area contributed by atoms with E-state index in [1.807, 2.05) is 12.1 Å². The molecule has 2 aliphatic heterocycles. The second-order valence-corrected chi connectivity index (χ2v) is 5.55. The van der Waals surface area contributed by atoms with Crippen molar-refractivity contribution >= 4 is 12.4 Å². The first-order chi connectivity index (χ1) is 9.24. The first kappa shape index (κ1) is 13.9. The highest BCUT2D eigenvalue weighted by Crippen LogP contribution is 2.43. The zero-order valence-corrected chi connectivity index (χ0v) is 11.7. The monoisotopic (exact) mass is 299 g/mol. The molecule has 0 unspecified atom stereocenters. The maximum atomic E-state index is 10.1. The van der Waals surface area contributed by atoms with Crippen LogP contribution in [0.5, 0.6) is 11.5 Å². The van der Waals surface area contributed by atoms with E-state index in [4.69, 9.17) is 9.47 Å². The second-order valence-electron chi connectivity index (χ2n) is 5.55. The highest BCUT2D eigenvalue weighted by Gasteiger charge is 2.41. The highest BCUT2D eigenvalue weighted by atomic mass is 35.5. The molecule has 2 heterocycles. The normalized spacial score (nSPS) is 33.9. The maximum Gasteiger partial charge on any atom is 0.231 e. The lowest BCUT2D eigenvalue weighted by Crippen LogP contribution is -2.54. The summed E-state index contributed by atoms with van der Waals surface area (Å²) in [6, 6.07) is 4.00. The minimum absolute atomic E-state index is 0. The van der Waals surface area contributed by atoms with Gasteiger partial charge in [-0.15, -0.1) is 12.4 Å². The Kier molecular flexibility index (Phi) is 3.54. The molecule has 3 N–H and O–H groups in total. The van der Waals surface area contributed by atoms with E-state index in [2.05, 4.69) is 5.32 Å². The van der Waals surface area contributed by atoms with Crippen molar-refractivity contribution in [3.05, 3.63) is 23.3 Å². The average Bonchev–Trinajstić information content (AvgIpc) is 2.87. The smallest absolute Gasteiger partial charge is 0.231 e. The zero-order valence-electron chi connectivity index (χ0n) is 10.9. The van der Waals surface area contributed by atoms with Crippen LogP contribution in [0.25, 0.3) is 0 Å². The minimum atomic E-state index is -0.697. The molecule has 0 aromatic heterocycles. The van der Waals surface area contributed by atoms with E-state index in [9.17, 15) is 10.2 Å². The Morgan fingerprint density at radius 1 is 1.10 bits per heavy atom. The molecule has 1 saturated carbocycles. The van der Waals surface area contributed by atoms with Gasteiger partial charge in [-0.05, 0) is 36.1 Å². The quantitative estimate of drug-likeness (QED) is 0.664. The summed E-state index contributed by atoms with van der Waals surface area (Å²) >= 11 is 0. The standard InChI is InChI=1S/C14H17NO4.ClH/c16-10-2-1-8-9-4-12-11(18-6-19-12)3-7(9)5-15-13(8)14(10)17;/h3-4,8,10,13-17H,1-2,5-6H2;1H/t8-,10+,13+,14+;/m0./s1. The van der Waals surface area contributed by atoms with Crippen LogP contribution in [0.4, 0.5) is 0 Å². The first-order valence-corrected chi connectivity index (χ1v) is 6.76. The van der Waals surface area contributed by atoms with Gasteiger partial charge in [0.1, 0.15) is 0 Å². The summed E-state index contributed by atoms with van der Waals surface area (Å²) in [5.41, 5.74) is 2.42. The van der Waals surface area contributed by atoms with Crippen molar-refractivity contribution < 1.29 is 19.7 Å². The number of aliphatic hydroxyl groups excluding tert-OH is 2. The van der Waals surface area contributed by atoms with E-state index in [-0.39, 0.29) is 31.2 Å². The number of hydrogen-bond donors (Lipinski definition) is 3. The average molecular weight is 300 g/mol. The molecule has 4 atom stereocenters. The fraction of sp³-hybridized carbons (Fsp3) is 0.571. The Bertz CT molecular complexity index is 524. The van der Waals surface area contributed by atoms with E-state index >= 15 is 0 Å². The summed E-state index contributed by atoms with van der Waals surface area (Å²) in [5.74, 6) is 1.83. The molecule has 1 aromatic rings. The molecular formula is C14H18ClNO4. The van der Waals surface area contributed by atoms with E-state index < -0.39 is 12.2 Å². The van der Waals surface area contributed by atoms with Crippen molar-refractivity contribution in [2.45, 2.75) is 43.6 Å². The van der Waals surface area contributed by atoms with Gasteiger partial charge in [-0.3, -0.25) is 0 Å². The lowest BCUT2D eigenvalue weighted by atomic mass is 9.73. The number of aliphatic hydroxyl groups is 2.